The Morgan fingerprint density at radius 3 is 2.59 bits per heavy atom. The Kier molecular flexibility index (Phi) is 5.03. The normalized spacial score (nSPS) is 10.4. The molecule has 4 nitrogen and oxygen atoms in total. The third-order valence-electron chi connectivity index (χ3n) is 3.30. The predicted octanol–water partition coefficient (Wildman–Crippen LogP) is 4.03. The van der Waals surface area contributed by atoms with E-state index in [4.69, 9.17) is 21.1 Å². The average molecular weight is 320 g/mol. The van der Waals surface area contributed by atoms with Crippen LogP contribution in [0.15, 0.2) is 24.3 Å². The van der Waals surface area contributed by atoms with Crippen LogP contribution in [0.1, 0.15) is 32.7 Å². The lowest BCUT2D eigenvalue weighted by molar-refractivity contribution is 0.0469. The second-order valence-electron chi connectivity index (χ2n) is 5.14. The summed E-state index contributed by atoms with van der Waals surface area (Å²) in [4.78, 5) is 16.4. The number of methoxy groups -OCH3 is 1. The number of carbonyl (C=O) groups is 1. The van der Waals surface area contributed by atoms with Crippen molar-refractivity contribution in [3.63, 3.8) is 0 Å². The van der Waals surface area contributed by atoms with E-state index in [1.165, 1.54) is 0 Å². The Balaban J connectivity index is 2.19. The molecule has 1 aromatic heterocycles. The fraction of sp³-hybridized carbons (Fsp3) is 0.294. The quantitative estimate of drug-likeness (QED) is 0.630. The van der Waals surface area contributed by atoms with Crippen molar-refractivity contribution in [1.82, 2.24) is 4.98 Å². The lowest BCUT2D eigenvalue weighted by Gasteiger charge is -2.12. The maximum Gasteiger partial charge on any atom is 0.341 e. The van der Waals surface area contributed by atoms with E-state index in [1.807, 2.05) is 39.0 Å². The van der Waals surface area contributed by atoms with Crippen LogP contribution in [-0.4, -0.2) is 18.1 Å². The van der Waals surface area contributed by atoms with Gasteiger partial charge in [-0.25, -0.2) is 9.78 Å². The summed E-state index contributed by atoms with van der Waals surface area (Å²) in [5, 5.41) is 0.165. The lowest BCUT2D eigenvalue weighted by atomic mass is 10.1. The topological polar surface area (TPSA) is 48.4 Å². The van der Waals surface area contributed by atoms with Gasteiger partial charge < -0.3 is 9.47 Å². The third kappa shape index (κ3) is 3.57. The summed E-state index contributed by atoms with van der Waals surface area (Å²) in [5.74, 6) is 0.196. The summed E-state index contributed by atoms with van der Waals surface area (Å²) in [6.07, 6.45) is 0. The number of benzene rings is 1. The first kappa shape index (κ1) is 16.3. The largest absolute Gasteiger partial charge is 0.496 e. The van der Waals surface area contributed by atoms with Gasteiger partial charge in [-0.05, 0) is 44.5 Å². The molecule has 0 fully saturated rings. The fourth-order valence-corrected chi connectivity index (χ4v) is 2.63. The average Bonchev–Trinajstić information content (AvgIpc) is 2.44. The van der Waals surface area contributed by atoms with E-state index < -0.39 is 5.97 Å². The van der Waals surface area contributed by atoms with Crippen molar-refractivity contribution >= 4 is 17.6 Å². The Hall–Kier alpha value is -2.07. The standard InChI is InChI=1S/C17H18ClNO3/c1-10-5-6-14(21-4)13(7-10)9-22-17(20)15-11(2)8-12(3)19-16(15)18/h5-8H,9H2,1-4H3. The summed E-state index contributed by atoms with van der Waals surface area (Å²) in [6, 6.07) is 7.52. The molecule has 0 N–H and O–H groups in total. The zero-order chi connectivity index (χ0) is 16.3. The van der Waals surface area contributed by atoms with Crippen LogP contribution < -0.4 is 4.74 Å². The van der Waals surface area contributed by atoms with Crippen LogP contribution in [0.4, 0.5) is 0 Å². The van der Waals surface area contributed by atoms with Crippen molar-refractivity contribution in [2.24, 2.45) is 0 Å². The fourth-order valence-electron chi connectivity index (χ4n) is 2.27. The van der Waals surface area contributed by atoms with E-state index in [2.05, 4.69) is 4.98 Å². The lowest BCUT2D eigenvalue weighted by Crippen LogP contribution is -2.10. The summed E-state index contributed by atoms with van der Waals surface area (Å²) >= 11 is 6.06. The van der Waals surface area contributed by atoms with Gasteiger partial charge in [0, 0.05) is 11.3 Å². The van der Waals surface area contributed by atoms with Gasteiger partial charge in [-0.1, -0.05) is 23.2 Å². The number of rotatable bonds is 4. The monoisotopic (exact) mass is 319 g/mol. The third-order valence-corrected chi connectivity index (χ3v) is 3.57. The van der Waals surface area contributed by atoms with Crippen molar-refractivity contribution < 1.29 is 14.3 Å². The molecule has 0 unspecified atom stereocenters. The number of hydrogen-bond acceptors (Lipinski definition) is 4. The highest BCUT2D eigenvalue weighted by Crippen LogP contribution is 2.23. The molecule has 116 valence electrons. The zero-order valence-corrected chi connectivity index (χ0v) is 13.8. The molecule has 1 heterocycles. The van der Waals surface area contributed by atoms with Crippen LogP contribution in [0.2, 0.25) is 5.15 Å². The van der Waals surface area contributed by atoms with Gasteiger partial charge in [0.1, 0.15) is 17.5 Å². The van der Waals surface area contributed by atoms with Gasteiger partial charge in [0.2, 0.25) is 0 Å². The van der Waals surface area contributed by atoms with Gasteiger partial charge in [-0.3, -0.25) is 0 Å². The van der Waals surface area contributed by atoms with Crippen LogP contribution in [0.3, 0.4) is 0 Å². The Bertz CT molecular complexity index is 690. The number of pyridine rings is 1. The van der Waals surface area contributed by atoms with Gasteiger partial charge in [-0.15, -0.1) is 0 Å². The minimum Gasteiger partial charge on any atom is -0.496 e. The van der Waals surface area contributed by atoms with Crippen molar-refractivity contribution in [3.05, 3.63) is 57.4 Å². The molecule has 0 aliphatic heterocycles. The molecule has 1 aromatic carbocycles. The molecule has 0 saturated heterocycles. The number of aromatic nitrogens is 1. The smallest absolute Gasteiger partial charge is 0.341 e. The molecule has 22 heavy (non-hydrogen) atoms. The highest BCUT2D eigenvalue weighted by Gasteiger charge is 2.17. The summed E-state index contributed by atoms with van der Waals surface area (Å²) < 4.78 is 10.6. The molecule has 0 atom stereocenters. The summed E-state index contributed by atoms with van der Waals surface area (Å²) in [6.45, 7) is 5.72. The summed E-state index contributed by atoms with van der Waals surface area (Å²) in [5.41, 5.74) is 3.69. The number of esters is 1. The van der Waals surface area contributed by atoms with E-state index >= 15 is 0 Å². The first-order valence-electron chi connectivity index (χ1n) is 6.86. The number of aryl methyl sites for hydroxylation is 3. The highest BCUT2D eigenvalue weighted by molar-refractivity contribution is 6.32. The van der Waals surface area contributed by atoms with Crippen LogP contribution in [-0.2, 0) is 11.3 Å². The molecule has 0 aliphatic rings. The second-order valence-corrected chi connectivity index (χ2v) is 5.50. The number of nitrogens with zero attached hydrogens (tertiary/aromatic N) is 1. The van der Waals surface area contributed by atoms with Crippen molar-refractivity contribution in [2.75, 3.05) is 7.11 Å². The molecule has 0 amide bonds. The molecule has 2 rings (SSSR count). The number of ether oxygens (including phenoxy) is 2. The first-order valence-corrected chi connectivity index (χ1v) is 7.24. The second kappa shape index (κ2) is 6.79. The first-order chi connectivity index (χ1) is 10.4. The van der Waals surface area contributed by atoms with E-state index in [0.717, 1.165) is 22.4 Å². The molecule has 0 radical (unpaired) electrons. The molecule has 2 aromatic rings. The molecule has 0 saturated carbocycles. The Morgan fingerprint density at radius 1 is 1.23 bits per heavy atom. The maximum absolute atomic E-state index is 12.3. The minimum atomic E-state index is -0.487. The van der Waals surface area contributed by atoms with E-state index in [-0.39, 0.29) is 11.8 Å². The van der Waals surface area contributed by atoms with Crippen LogP contribution >= 0.6 is 11.6 Å². The Labute approximate surface area is 135 Å². The van der Waals surface area contributed by atoms with Crippen LogP contribution in [0, 0.1) is 20.8 Å². The zero-order valence-electron chi connectivity index (χ0n) is 13.1. The van der Waals surface area contributed by atoms with Crippen molar-refractivity contribution in [1.29, 1.82) is 0 Å². The maximum atomic E-state index is 12.3. The molecule has 0 aliphatic carbocycles. The van der Waals surface area contributed by atoms with Crippen molar-refractivity contribution in [2.45, 2.75) is 27.4 Å². The molecule has 0 spiro atoms. The SMILES string of the molecule is COc1ccc(C)cc1COC(=O)c1c(C)cc(C)nc1Cl. The van der Waals surface area contributed by atoms with Gasteiger partial charge in [0.15, 0.2) is 0 Å². The number of halogens is 1. The molecule has 0 bridgehead atoms. The van der Waals surface area contributed by atoms with E-state index in [1.54, 1.807) is 13.2 Å². The Morgan fingerprint density at radius 2 is 1.95 bits per heavy atom. The number of hydrogen-bond donors (Lipinski definition) is 0. The van der Waals surface area contributed by atoms with Gasteiger partial charge in [0.05, 0.1) is 12.7 Å². The molecular formula is C17H18ClNO3. The predicted molar refractivity (Wildman–Crippen MR) is 85.6 cm³/mol. The number of carbonyl (C=O) groups excluding carboxylic acids is 1. The van der Waals surface area contributed by atoms with Crippen LogP contribution in [0.5, 0.6) is 5.75 Å². The van der Waals surface area contributed by atoms with Gasteiger partial charge in [0.25, 0.3) is 0 Å². The van der Waals surface area contributed by atoms with Gasteiger partial charge >= 0.3 is 5.97 Å². The van der Waals surface area contributed by atoms with E-state index in [9.17, 15) is 4.79 Å². The molecule has 5 heteroatoms. The summed E-state index contributed by atoms with van der Waals surface area (Å²) in [7, 11) is 1.58. The van der Waals surface area contributed by atoms with Crippen molar-refractivity contribution in [3.8, 4) is 5.75 Å². The van der Waals surface area contributed by atoms with Gasteiger partial charge in [-0.2, -0.15) is 0 Å². The highest BCUT2D eigenvalue weighted by atomic mass is 35.5. The molecular weight excluding hydrogens is 302 g/mol. The van der Waals surface area contributed by atoms with Crippen LogP contribution in [0.25, 0.3) is 0 Å². The van der Waals surface area contributed by atoms with E-state index in [0.29, 0.717) is 11.3 Å². The minimum absolute atomic E-state index is 0.118.